The maximum Gasteiger partial charge on any atom is 0.416 e. The molecule has 558 valence electrons. The van der Waals surface area contributed by atoms with E-state index in [-0.39, 0.29) is 91.3 Å². The maximum atomic E-state index is 13.5. The number of carbonyl (C=O) groups is 3. The standard InChI is InChI=1S/C26H21F3N4O5.C26H24N4O6.C25H28N4O5/c27-26(28,29)18-9-7-17(8-10-18)16-32-20-5-2-1-4-19(20)22(23(25(32)35)33(36)37)30-11-13-31(14-12-30)24(34)21-6-3-15-38-21;1-35-19-10-8-18(9-11-19)17-29-21-6-3-2-5-20(21)23(24(26(29)32)30(33)34)27-12-14-28(15-13-27)25(31)22-7-4-16-36-22;30-24(21-11-6-16-34-21)27-14-12-26(13-15-27)22-19-9-4-5-10-20(19)28(25(31)23(22)29(32)33)17-18-7-2-1-3-8-18/h1-10,15H,11-14,16H2;2-11,16H,12-15,17H2,1H3;4-6,9-11,16,18H,1-3,7-8,12-15,17H2. The molecule has 1 aliphatic carbocycles. The van der Waals surface area contributed by atoms with Crippen LogP contribution in [0.25, 0.3) is 32.7 Å². The number of hydrogen-bond donors (Lipinski definition) is 0. The number of pyridine rings is 3. The minimum Gasteiger partial charge on any atom is -0.497 e. The summed E-state index contributed by atoms with van der Waals surface area (Å²) in [6, 6.07) is 42.6. The number of fused-ring (bicyclic) bond motifs is 3. The normalized spacial score (nSPS) is 15.0. The molecule has 0 N–H and O–H groups in total. The lowest BCUT2D eigenvalue weighted by molar-refractivity contribution is -0.385. The van der Waals surface area contributed by atoms with Gasteiger partial charge in [0.25, 0.3) is 17.7 Å². The van der Waals surface area contributed by atoms with Gasteiger partial charge in [0.1, 0.15) is 22.8 Å². The van der Waals surface area contributed by atoms with E-state index in [1.807, 2.05) is 52.3 Å². The molecule has 0 bridgehead atoms. The SMILES string of the molecule is COc1ccc(Cn2c(=O)c([N+](=O)[O-])c(N3CCN(C(=O)c4ccco4)CC3)c3ccccc32)cc1.O=C(c1ccco1)N1CCN(c2c([N+](=O)[O-])c(=O)n(CC3CCCCC3)c3ccccc23)CC1.O=C(c1ccco1)N1CCN(c2c([N+](=O)[O-])c(=O)n(Cc3ccc(C(F)(F)F)cc3)c3ccccc23)CC1. The lowest BCUT2D eigenvalue weighted by Crippen LogP contribution is -2.49. The number of hydrogen-bond acceptors (Lipinski definition) is 19. The molecule has 4 aliphatic rings. The Morgan fingerprint density at radius 1 is 0.435 bits per heavy atom. The molecule has 11 aromatic rings. The third-order valence-electron chi connectivity index (χ3n) is 20.0. The number of anilines is 3. The van der Waals surface area contributed by atoms with Crippen LogP contribution < -0.4 is 36.1 Å². The van der Waals surface area contributed by atoms with Gasteiger partial charge in [-0.05, 0) is 109 Å². The van der Waals surface area contributed by atoms with Crippen molar-refractivity contribution in [2.24, 2.45) is 5.92 Å². The minimum absolute atomic E-state index is 0.149. The highest BCUT2D eigenvalue weighted by molar-refractivity contribution is 6.00. The van der Waals surface area contributed by atoms with Gasteiger partial charge in [-0.15, -0.1) is 0 Å². The predicted molar refractivity (Wildman–Crippen MR) is 394 cm³/mol. The molecule has 5 aromatic carbocycles. The summed E-state index contributed by atoms with van der Waals surface area (Å²) in [5.41, 5.74) is -0.620. The van der Waals surface area contributed by atoms with E-state index in [1.165, 1.54) is 46.5 Å². The second kappa shape index (κ2) is 31.9. The van der Waals surface area contributed by atoms with Crippen LogP contribution in [0.1, 0.15) is 80.5 Å². The number of ether oxygens (including phenoxy) is 1. The molecule has 4 fully saturated rings. The number of halogens is 3. The average molecular weight is 1480 g/mol. The lowest BCUT2D eigenvalue weighted by Gasteiger charge is -2.36. The zero-order valence-electron chi connectivity index (χ0n) is 58.5. The van der Waals surface area contributed by atoms with Crippen molar-refractivity contribution < 1.29 is 60.3 Å². The summed E-state index contributed by atoms with van der Waals surface area (Å²) >= 11 is 0. The fourth-order valence-corrected chi connectivity index (χ4v) is 14.7. The number of amides is 3. The van der Waals surface area contributed by atoms with E-state index in [0.29, 0.717) is 109 Å². The van der Waals surface area contributed by atoms with Crippen molar-refractivity contribution in [2.45, 2.75) is 57.9 Å². The van der Waals surface area contributed by atoms with Crippen molar-refractivity contribution in [3.63, 3.8) is 0 Å². The van der Waals surface area contributed by atoms with Crippen LogP contribution in [0, 0.1) is 36.3 Å². The smallest absolute Gasteiger partial charge is 0.416 e. The second-order valence-electron chi connectivity index (χ2n) is 26.4. The third kappa shape index (κ3) is 15.3. The number of piperazine rings is 3. The molecule has 0 radical (unpaired) electrons. The molecule has 108 heavy (non-hydrogen) atoms. The first-order chi connectivity index (χ1) is 52.2. The van der Waals surface area contributed by atoms with Crippen LogP contribution in [-0.2, 0) is 25.8 Å². The Labute approximate surface area is 612 Å². The van der Waals surface area contributed by atoms with Crippen LogP contribution in [0.3, 0.4) is 0 Å². The fourth-order valence-electron chi connectivity index (χ4n) is 14.7. The van der Waals surface area contributed by atoms with Crippen molar-refractivity contribution in [3.8, 4) is 5.75 Å². The van der Waals surface area contributed by atoms with Gasteiger partial charge in [0.2, 0.25) is 0 Å². The van der Waals surface area contributed by atoms with Gasteiger partial charge < -0.3 is 52.0 Å². The Kier molecular flexibility index (Phi) is 21.7. The first-order valence-electron chi connectivity index (χ1n) is 35.1. The van der Waals surface area contributed by atoms with Crippen LogP contribution in [0.4, 0.5) is 47.3 Å². The fraction of sp³-hybridized carbons (Fsp3) is 0.299. The molecular formula is C77H73F3N12O16. The number of benzene rings is 5. The van der Waals surface area contributed by atoms with Crippen molar-refractivity contribution in [2.75, 3.05) is 100 Å². The molecule has 15 rings (SSSR count). The summed E-state index contributed by atoms with van der Waals surface area (Å²) in [5.74, 6) is 1.04. The van der Waals surface area contributed by atoms with E-state index in [1.54, 1.807) is 122 Å². The first kappa shape index (κ1) is 73.5. The number of rotatable bonds is 16. The van der Waals surface area contributed by atoms with E-state index in [2.05, 4.69) is 0 Å². The third-order valence-corrected chi connectivity index (χ3v) is 20.0. The highest BCUT2D eigenvalue weighted by atomic mass is 19.4. The van der Waals surface area contributed by atoms with E-state index < -0.39 is 54.6 Å². The number of aromatic nitrogens is 3. The van der Waals surface area contributed by atoms with Crippen LogP contribution in [0.5, 0.6) is 5.75 Å². The molecule has 28 nitrogen and oxygen atoms in total. The van der Waals surface area contributed by atoms with Gasteiger partial charge in [0, 0.05) is 101 Å². The quantitative estimate of drug-likeness (QED) is 0.0641. The number of nitro groups is 3. The summed E-state index contributed by atoms with van der Waals surface area (Å²) in [5, 5.41) is 38.4. The van der Waals surface area contributed by atoms with Gasteiger partial charge in [-0.1, -0.05) is 98.1 Å². The molecule has 3 saturated heterocycles. The van der Waals surface area contributed by atoms with Gasteiger partial charge in [-0.3, -0.25) is 68.2 Å². The molecule has 0 unspecified atom stereocenters. The molecular weight excluding hydrogens is 1410 g/mol. The van der Waals surface area contributed by atoms with Crippen molar-refractivity contribution in [3.05, 3.63) is 272 Å². The minimum atomic E-state index is -4.50. The summed E-state index contributed by atoms with van der Waals surface area (Å²) in [4.78, 5) is 123. The summed E-state index contributed by atoms with van der Waals surface area (Å²) in [6.45, 7) is 4.50. The zero-order valence-corrected chi connectivity index (χ0v) is 58.5. The van der Waals surface area contributed by atoms with Crippen molar-refractivity contribution >= 4 is 84.6 Å². The molecule has 0 atom stereocenters. The Balaban J connectivity index is 0.000000143. The van der Waals surface area contributed by atoms with Crippen molar-refractivity contribution in [1.29, 1.82) is 0 Å². The monoisotopic (exact) mass is 1480 g/mol. The highest BCUT2D eigenvalue weighted by Gasteiger charge is 2.38. The summed E-state index contributed by atoms with van der Waals surface area (Å²) in [7, 11) is 1.57. The summed E-state index contributed by atoms with van der Waals surface area (Å²) in [6.07, 6.45) is 5.37. The highest BCUT2D eigenvalue weighted by Crippen LogP contribution is 2.39. The van der Waals surface area contributed by atoms with Crippen LogP contribution in [-0.4, -0.2) is 147 Å². The van der Waals surface area contributed by atoms with Gasteiger partial charge >= 0.3 is 39.9 Å². The molecule has 3 amide bonds. The topological polar surface area (TPSA) is 315 Å². The van der Waals surface area contributed by atoms with Crippen LogP contribution in [0.15, 0.2) is 204 Å². The largest absolute Gasteiger partial charge is 0.497 e. The average Bonchev–Trinajstić information content (AvgIpc) is 0.887. The Morgan fingerprint density at radius 2 is 0.759 bits per heavy atom. The van der Waals surface area contributed by atoms with E-state index >= 15 is 0 Å². The van der Waals surface area contributed by atoms with E-state index in [4.69, 9.17) is 18.0 Å². The number of carbonyl (C=O) groups excluding carboxylic acids is 3. The van der Waals surface area contributed by atoms with Gasteiger partial charge in [0.15, 0.2) is 17.3 Å². The first-order valence-corrected chi connectivity index (χ1v) is 35.1. The predicted octanol–water partition coefficient (Wildman–Crippen LogP) is 12.1. The van der Waals surface area contributed by atoms with Crippen LogP contribution >= 0.6 is 0 Å². The van der Waals surface area contributed by atoms with Crippen LogP contribution in [0.2, 0.25) is 0 Å². The number of para-hydroxylation sites is 3. The Hall–Kier alpha value is -12.8. The number of furan rings is 3. The molecule has 9 heterocycles. The van der Waals surface area contributed by atoms with Gasteiger partial charge in [0.05, 0.1) is 75.9 Å². The number of methoxy groups -OCH3 is 1. The molecule has 0 spiro atoms. The summed E-state index contributed by atoms with van der Waals surface area (Å²) < 4.78 is 63.9. The lowest BCUT2D eigenvalue weighted by atomic mass is 9.89. The van der Waals surface area contributed by atoms with E-state index in [0.717, 1.165) is 48.9 Å². The Morgan fingerprint density at radius 3 is 1.07 bits per heavy atom. The second-order valence-corrected chi connectivity index (χ2v) is 26.4. The zero-order chi connectivity index (χ0) is 75.9. The molecule has 31 heteroatoms. The van der Waals surface area contributed by atoms with Gasteiger partial charge in [-0.25, -0.2) is 0 Å². The van der Waals surface area contributed by atoms with E-state index in [9.17, 15) is 72.3 Å². The maximum absolute atomic E-state index is 13.5. The van der Waals surface area contributed by atoms with Crippen molar-refractivity contribution in [1.82, 2.24) is 28.4 Å². The molecule has 6 aromatic heterocycles. The number of nitrogens with zero attached hydrogens (tertiary/aromatic N) is 12. The Bertz CT molecular complexity index is 5330. The molecule has 1 saturated carbocycles. The molecule has 3 aliphatic heterocycles. The van der Waals surface area contributed by atoms with Gasteiger partial charge in [-0.2, -0.15) is 13.2 Å². The number of alkyl halides is 3.